The summed E-state index contributed by atoms with van der Waals surface area (Å²) < 4.78 is 0. The van der Waals surface area contributed by atoms with Gasteiger partial charge >= 0.3 is 0 Å². The molecule has 0 spiro atoms. The summed E-state index contributed by atoms with van der Waals surface area (Å²) in [6, 6.07) is 0.00640. The number of hydrogen-bond donors (Lipinski definition) is 1. The van der Waals surface area contributed by atoms with E-state index in [0.29, 0.717) is 18.4 Å². The van der Waals surface area contributed by atoms with Gasteiger partial charge in [0.05, 0.1) is 0 Å². The van der Waals surface area contributed by atoms with Crippen molar-refractivity contribution in [3.8, 4) is 0 Å². The van der Waals surface area contributed by atoms with Gasteiger partial charge in [-0.2, -0.15) is 0 Å². The van der Waals surface area contributed by atoms with Gasteiger partial charge in [0.15, 0.2) is 0 Å². The molecule has 1 saturated heterocycles. The smallest absolute Gasteiger partial charge is 0.240 e. The highest BCUT2D eigenvalue weighted by Crippen LogP contribution is 2.51. The van der Waals surface area contributed by atoms with E-state index in [1.165, 1.54) is 25.7 Å². The van der Waals surface area contributed by atoms with Crippen LogP contribution in [0.5, 0.6) is 0 Å². The molecule has 4 rings (SSSR count). The second-order valence-corrected chi connectivity index (χ2v) is 8.49. The summed E-state index contributed by atoms with van der Waals surface area (Å²) in [5.41, 5.74) is 5.48. The van der Waals surface area contributed by atoms with E-state index in [-0.39, 0.29) is 17.9 Å². The van der Waals surface area contributed by atoms with Gasteiger partial charge in [-0.3, -0.25) is 9.59 Å². The number of amides is 2. The van der Waals surface area contributed by atoms with E-state index < -0.39 is 0 Å². The topological polar surface area (TPSA) is 63.4 Å². The lowest BCUT2D eigenvalue weighted by atomic mass is 9.80. The second-order valence-electron chi connectivity index (χ2n) is 8.49. The summed E-state index contributed by atoms with van der Waals surface area (Å²) in [5.74, 6) is 3.79. The van der Waals surface area contributed by atoms with Crippen molar-refractivity contribution in [2.45, 2.75) is 70.4 Å². The van der Waals surface area contributed by atoms with Gasteiger partial charge < -0.3 is 10.6 Å². The first-order chi connectivity index (χ1) is 10.5. The molecule has 2 amide bonds. The Morgan fingerprint density at radius 2 is 1.86 bits per heavy atom. The number of rotatable bonds is 4. The van der Waals surface area contributed by atoms with Crippen molar-refractivity contribution in [1.29, 1.82) is 0 Å². The Morgan fingerprint density at radius 3 is 2.64 bits per heavy atom. The number of piperidine rings is 1. The van der Waals surface area contributed by atoms with E-state index in [1.54, 1.807) is 0 Å². The first-order valence-corrected chi connectivity index (χ1v) is 9.13. The maximum Gasteiger partial charge on any atom is 0.240 e. The van der Waals surface area contributed by atoms with Crippen LogP contribution in [0.3, 0.4) is 0 Å². The number of likely N-dealkylation sites (tertiary alicyclic amines) is 1. The number of carbonyl (C=O) groups is 2. The maximum atomic E-state index is 12.6. The van der Waals surface area contributed by atoms with Gasteiger partial charge in [0.1, 0.15) is 6.04 Å². The summed E-state index contributed by atoms with van der Waals surface area (Å²) in [6.07, 6.45) is 8.99. The third-order valence-electron chi connectivity index (χ3n) is 6.83. The standard InChI is InChI=1S/C18H28N2O2/c1-10-4-11-6-12(13(5-10)7-11)2-3-17(21)20-15-8-14(15)9-16(20)18(19)22/h10-16H,2-9H2,1H3,(H2,19,22). The number of nitrogens with zero attached hydrogens (tertiary/aromatic N) is 1. The minimum Gasteiger partial charge on any atom is -0.368 e. The number of fused-ring (bicyclic) bond motifs is 3. The molecule has 4 aliphatic rings. The first-order valence-electron chi connectivity index (χ1n) is 9.13. The van der Waals surface area contributed by atoms with Crippen molar-refractivity contribution < 1.29 is 9.59 Å². The third-order valence-corrected chi connectivity index (χ3v) is 6.83. The van der Waals surface area contributed by atoms with E-state index in [2.05, 4.69) is 6.92 Å². The van der Waals surface area contributed by atoms with Crippen molar-refractivity contribution in [2.75, 3.05) is 0 Å². The molecule has 4 fully saturated rings. The van der Waals surface area contributed by atoms with Gasteiger partial charge in [0, 0.05) is 12.5 Å². The van der Waals surface area contributed by atoms with Gasteiger partial charge in [-0.25, -0.2) is 0 Å². The molecule has 1 heterocycles. The van der Waals surface area contributed by atoms with Crippen LogP contribution < -0.4 is 5.73 Å². The average Bonchev–Trinajstić information content (AvgIpc) is 3.02. The van der Waals surface area contributed by atoms with Crippen LogP contribution in [0.25, 0.3) is 0 Å². The fourth-order valence-electron chi connectivity index (χ4n) is 5.86. The molecule has 0 aromatic carbocycles. The first kappa shape index (κ1) is 14.5. The van der Waals surface area contributed by atoms with Crippen LogP contribution in [0, 0.1) is 29.6 Å². The van der Waals surface area contributed by atoms with Gasteiger partial charge in [-0.05, 0) is 74.5 Å². The summed E-state index contributed by atoms with van der Waals surface area (Å²) >= 11 is 0. The monoisotopic (exact) mass is 304 g/mol. The molecule has 4 nitrogen and oxygen atoms in total. The fourth-order valence-corrected chi connectivity index (χ4v) is 5.86. The van der Waals surface area contributed by atoms with E-state index in [1.807, 2.05) is 4.90 Å². The minimum atomic E-state index is -0.320. The SMILES string of the molecule is CC1CC2CC(CCC(=O)N3C(C(N)=O)CC4CC43)C(C1)C2. The molecule has 122 valence electrons. The Balaban J connectivity index is 1.34. The number of nitrogens with two attached hydrogens (primary N) is 1. The average molecular weight is 304 g/mol. The fraction of sp³-hybridized carbons (Fsp3) is 0.889. The molecule has 0 radical (unpaired) electrons. The summed E-state index contributed by atoms with van der Waals surface area (Å²) in [5, 5.41) is 0. The van der Waals surface area contributed by atoms with Gasteiger partial charge in [-0.1, -0.05) is 6.92 Å². The summed E-state index contributed by atoms with van der Waals surface area (Å²) in [6.45, 7) is 2.38. The zero-order valence-corrected chi connectivity index (χ0v) is 13.5. The Bertz CT molecular complexity index is 491. The molecule has 1 aliphatic heterocycles. The van der Waals surface area contributed by atoms with Crippen molar-refractivity contribution in [2.24, 2.45) is 35.3 Å². The van der Waals surface area contributed by atoms with Crippen molar-refractivity contribution in [3.05, 3.63) is 0 Å². The van der Waals surface area contributed by atoms with E-state index in [4.69, 9.17) is 5.73 Å². The zero-order chi connectivity index (χ0) is 15.4. The molecule has 3 saturated carbocycles. The number of carbonyl (C=O) groups excluding carboxylic acids is 2. The maximum absolute atomic E-state index is 12.6. The molecule has 0 aromatic heterocycles. The van der Waals surface area contributed by atoms with Crippen LogP contribution in [-0.2, 0) is 9.59 Å². The quantitative estimate of drug-likeness (QED) is 0.866. The molecule has 4 heteroatoms. The predicted molar refractivity (Wildman–Crippen MR) is 83.7 cm³/mol. The zero-order valence-electron chi connectivity index (χ0n) is 13.5. The summed E-state index contributed by atoms with van der Waals surface area (Å²) in [4.78, 5) is 26.0. The molecule has 7 unspecified atom stereocenters. The van der Waals surface area contributed by atoms with Crippen LogP contribution in [-0.4, -0.2) is 28.8 Å². The van der Waals surface area contributed by atoms with E-state index in [9.17, 15) is 9.59 Å². The highest BCUT2D eigenvalue weighted by Gasteiger charge is 2.55. The number of primary amides is 1. The molecule has 7 atom stereocenters. The summed E-state index contributed by atoms with van der Waals surface area (Å²) in [7, 11) is 0. The Morgan fingerprint density at radius 1 is 1.05 bits per heavy atom. The van der Waals surface area contributed by atoms with Crippen molar-refractivity contribution >= 4 is 11.8 Å². The highest BCUT2D eigenvalue weighted by atomic mass is 16.2. The van der Waals surface area contributed by atoms with Gasteiger partial charge in [0.25, 0.3) is 0 Å². The Labute approximate surface area is 132 Å². The van der Waals surface area contributed by atoms with Crippen LogP contribution in [0.15, 0.2) is 0 Å². The molecule has 2 bridgehead atoms. The Hall–Kier alpha value is -1.06. The van der Waals surface area contributed by atoms with E-state index in [0.717, 1.165) is 42.9 Å². The second kappa shape index (κ2) is 5.24. The van der Waals surface area contributed by atoms with Crippen molar-refractivity contribution in [3.63, 3.8) is 0 Å². The Kier molecular flexibility index (Phi) is 3.46. The molecule has 22 heavy (non-hydrogen) atoms. The molecule has 0 aromatic rings. The minimum absolute atomic E-state index is 0.184. The van der Waals surface area contributed by atoms with E-state index >= 15 is 0 Å². The largest absolute Gasteiger partial charge is 0.368 e. The normalized spacial score (nSPS) is 45.7. The van der Waals surface area contributed by atoms with Crippen LogP contribution in [0.1, 0.15) is 58.3 Å². The number of hydrogen-bond acceptors (Lipinski definition) is 2. The molecular weight excluding hydrogens is 276 g/mol. The third kappa shape index (κ3) is 2.44. The van der Waals surface area contributed by atoms with Crippen LogP contribution in [0.4, 0.5) is 0 Å². The lowest BCUT2D eigenvalue weighted by Gasteiger charge is -2.28. The predicted octanol–water partition coefficient (Wildman–Crippen LogP) is 2.31. The lowest BCUT2D eigenvalue weighted by molar-refractivity contribution is -0.138. The molecular formula is C18H28N2O2. The van der Waals surface area contributed by atoms with Gasteiger partial charge in [-0.15, -0.1) is 0 Å². The lowest BCUT2D eigenvalue weighted by Crippen LogP contribution is -2.46. The van der Waals surface area contributed by atoms with Crippen molar-refractivity contribution in [1.82, 2.24) is 4.90 Å². The van der Waals surface area contributed by atoms with Crippen LogP contribution in [0.2, 0.25) is 0 Å². The van der Waals surface area contributed by atoms with Crippen LogP contribution >= 0.6 is 0 Å². The van der Waals surface area contributed by atoms with Gasteiger partial charge in [0.2, 0.25) is 11.8 Å². The highest BCUT2D eigenvalue weighted by molar-refractivity contribution is 5.88. The molecule has 2 N–H and O–H groups in total. The molecule has 3 aliphatic carbocycles.